The molecule has 51 heavy (non-hydrogen) atoms. The topological polar surface area (TPSA) is 177 Å². The van der Waals surface area contributed by atoms with Gasteiger partial charge in [0.1, 0.15) is 30.5 Å². The summed E-state index contributed by atoms with van der Waals surface area (Å²) >= 11 is 0. The number of ether oxygens (including phenoxy) is 5. The number of nitro groups is 1. The Kier molecular flexibility index (Phi) is 10.8. The van der Waals surface area contributed by atoms with E-state index in [4.69, 9.17) is 33.7 Å². The van der Waals surface area contributed by atoms with Crippen LogP contribution < -0.4 is 24.4 Å². The number of aromatic nitrogens is 6. The molecule has 1 atom stereocenters. The van der Waals surface area contributed by atoms with E-state index in [9.17, 15) is 10.1 Å². The molecule has 17 heteroatoms. The fourth-order valence-electron chi connectivity index (χ4n) is 6.64. The molecule has 4 aromatic heterocycles. The van der Waals surface area contributed by atoms with E-state index in [-0.39, 0.29) is 18.1 Å². The zero-order valence-corrected chi connectivity index (χ0v) is 29.0. The van der Waals surface area contributed by atoms with Gasteiger partial charge in [-0.15, -0.1) is 0 Å². The van der Waals surface area contributed by atoms with Gasteiger partial charge in [0, 0.05) is 44.8 Å². The van der Waals surface area contributed by atoms with Crippen LogP contribution in [0.4, 0.5) is 17.7 Å². The molecule has 272 valence electrons. The molecule has 1 unspecified atom stereocenters. The number of morpholine rings is 2. The molecule has 1 aliphatic carbocycles. The number of hydrogen-bond acceptors (Lipinski definition) is 15. The van der Waals surface area contributed by atoms with Gasteiger partial charge in [-0.3, -0.25) is 9.88 Å². The Labute approximate surface area is 295 Å². The van der Waals surface area contributed by atoms with E-state index >= 15 is 0 Å². The average molecular weight is 705 g/mol. The molecule has 0 aromatic carbocycles. The second-order valence-electron chi connectivity index (χ2n) is 13.0. The molecule has 0 bridgehead atoms. The summed E-state index contributed by atoms with van der Waals surface area (Å²) in [6.45, 7) is 9.38. The van der Waals surface area contributed by atoms with Gasteiger partial charge in [0.2, 0.25) is 11.8 Å². The number of nitrogens with one attached hydrogen (secondary N) is 1. The van der Waals surface area contributed by atoms with Crippen molar-refractivity contribution in [2.45, 2.75) is 50.9 Å². The van der Waals surface area contributed by atoms with Crippen molar-refractivity contribution in [3.05, 3.63) is 52.7 Å². The number of anilines is 2. The summed E-state index contributed by atoms with van der Waals surface area (Å²) in [7, 11) is 1.60. The lowest BCUT2D eigenvalue weighted by atomic mass is 9.93. The van der Waals surface area contributed by atoms with Crippen molar-refractivity contribution in [1.82, 2.24) is 34.4 Å². The Morgan fingerprint density at radius 2 is 1.65 bits per heavy atom. The zero-order chi connectivity index (χ0) is 35.2. The summed E-state index contributed by atoms with van der Waals surface area (Å²) in [6.07, 6.45) is 9.40. The summed E-state index contributed by atoms with van der Waals surface area (Å²) in [5.74, 6) is 2.77. The molecule has 2 aliphatic heterocycles. The molecule has 17 nitrogen and oxygen atoms in total. The Morgan fingerprint density at radius 3 is 2.35 bits per heavy atom. The van der Waals surface area contributed by atoms with Crippen LogP contribution in [0.2, 0.25) is 0 Å². The number of nitrogens with zero attached hydrogens (tertiary/aromatic N) is 9. The smallest absolute Gasteiger partial charge is 0.434 e. The number of rotatable bonds is 13. The molecule has 0 amide bonds. The maximum absolute atomic E-state index is 11.3. The van der Waals surface area contributed by atoms with E-state index in [1.54, 1.807) is 25.6 Å². The van der Waals surface area contributed by atoms with Crippen LogP contribution in [0.15, 0.2) is 36.9 Å². The first-order valence-electron chi connectivity index (χ1n) is 17.5. The fourth-order valence-corrected chi connectivity index (χ4v) is 6.64. The lowest BCUT2D eigenvalue weighted by Gasteiger charge is -2.31. The molecule has 4 aromatic rings. The van der Waals surface area contributed by atoms with E-state index < -0.39 is 11.0 Å². The standard InChI is InChI=1S/C34H44N10O7/c1-23(30-22-38-34(41(30)2)44(45)46)50-26-17-28-29(35-19-26)18-31(43-10-14-48-15-11-43)40-32(28)51-25-5-3-24(4-6-25)39-33-36-20-27(21-37-33)49-16-9-42-7-12-47-13-8-42/h17-25H,3-16H2,1-2H3,(H,36,37,39). The monoisotopic (exact) mass is 704 g/mol. The first-order valence-corrected chi connectivity index (χ1v) is 17.5. The fraction of sp³-hybridized carbons (Fsp3) is 0.559. The number of imidazole rings is 1. The molecule has 1 N–H and O–H groups in total. The van der Waals surface area contributed by atoms with E-state index in [1.807, 2.05) is 19.1 Å². The Morgan fingerprint density at radius 1 is 0.941 bits per heavy atom. The largest absolute Gasteiger partial charge is 0.489 e. The lowest BCUT2D eigenvalue weighted by molar-refractivity contribution is -0.396. The van der Waals surface area contributed by atoms with Crippen LogP contribution in [0.3, 0.4) is 0 Å². The van der Waals surface area contributed by atoms with Gasteiger partial charge in [0.15, 0.2) is 17.5 Å². The minimum atomic E-state index is -0.519. The lowest BCUT2D eigenvalue weighted by Crippen LogP contribution is -2.38. The summed E-state index contributed by atoms with van der Waals surface area (Å²) < 4.78 is 31.1. The van der Waals surface area contributed by atoms with Gasteiger partial charge in [-0.05, 0) is 43.6 Å². The van der Waals surface area contributed by atoms with Crippen LogP contribution in [0.5, 0.6) is 17.4 Å². The van der Waals surface area contributed by atoms with Crippen molar-refractivity contribution in [2.24, 2.45) is 7.05 Å². The predicted molar refractivity (Wildman–Crippen MR) is 187 cm³/mol. The maximum atomic E-state index is 11.3. The Balaban J connectivity index is 0.989. The normalized spacial score (nSPS) is 20.5. The number of fused-ring (bicyclic) bond motifs is 1. The van der Waals surface area contributed by atoms with Gasteiger partial charge in [-0.25, -0.2) is 14.5 Å². The SMILES string of the molecule is CC(Oc1cnc2cc(N3CCOCC3)nc(OC3CCC(Nc4ncc(OCCN5CCOCC5)cn4)CC3)c2c1)c1cnc([N+](=O)[O-])n1C. The van der Waals surface area contributed by atoms with Gasteiger partial charge in [0.25, 0.3) is 0 Å². The highest BCUT2D eigenvalue weighted by Gasteiger charge is 2.27. The van der Waals surface area contributed by atoms with Crippen LogP contribution >= 0.6 is 0 Å². The highest BCUT2D eigenvalue weighted by molar-refractivity contribution is 5.87. The summed E-state index contributed by atoms with van der Waals surface area (Å²) in [5, 5.41) is 15.5. The molecule has 6 heterocycles. The Hall–Kier alpha value is -4.87. The molecule has 1 saturated carbocycles. The second kappa shape index (κ2) is 16.0. The summed E-state index contributed by atoms with van der Waals surface area (Å²) in [5.41, 5.74) is 1.30. The molecule has 2 saturated heterocycles. The summed E-state index contributed by atoms with van der Waals surface area (Å²) in [6, 6.07) is 4.05. The van der Waals surface area contributed by atoms with E-state index in [0.717, 1.165) is 88.3 Å². The third kappa shape index (κ3) is 8.54. The van der Waals surface area contributed by atoms with Gasteiger partial charge >= 0.3 is 5.95 Å². The maximum Gasteiger partial charge on any atom is 0.434 e. The zero-order valence-electron chi connectivity index (χ0n) is 29.0. The van der Waals surface area contributed by atoms with Crippen molar-refractivity contribution in [1.29, 1.82) is 0 Å². The first kappa shape index (κ1) is 34.6. The van der Waals surface area contributed by atoms with Crippen molar-refractivity contribution >= 4 is 28.6 Å². The molecule has 0 radical (unpaired) electrons. The summed E-state index contributed by atoms with van der Waals surface area (Å²) in [4.78, 5) is 37.9. The van der Waals surface area contributed by atoms with Crippen molar-refractivity contribution < 1.29 is 28.6 Å². The molecular formula is C34H44N10O7. The third-order valence-electron chi connectivity index (χ3n) is 9.53. The van der Waals surface area contributed by atoms with Gasteiger partial charge < -0.3 is 44.0 Å². The minimum Gasteiger partial charge on any atom is -0.489 e. The predicted octanol–water partition coefficient (Wildman–Crippen LogP) is 3.55. The highest BCUT2D eigenvalue weighted by Crippen LogP contribution is 2.34. The quantitative estimate of drug-likeness (QED) is 0.158. The van der Waals surface area contributed by atoms with E-state index in [1.165, 1.54) is 10.8 Å². The van der Waals surface area contributed by atoms with Crippen LogP contribution in [-0.4, -0.2) is 117 Å². The first-order chi connectivity index (χ1) is 24.9. The van der Waals surface area contributed by atoms with Crippen LogP contribution in [0, 0.1) is 10.1 Å². The van der Waals surface area contributed by atoms with Crippen LogP contribution in [0.25, 0.3) is 10.9 Å². The van der Waals surface area contributed by atoms with Crippen LogP contribution in [0.1, 0.15) is 44.4 Å². The number of pyridine rings is 2. The van der Waals surface area contributed by atoms with Gasteiger partial charge in [-0.1, -0.05) is 4.98 Å². The molecular weight excluding hydrogens is 660 g/mol. The van der Waals surface area contributed by atoms with E-state index in [2.05, 4.69) is 30.1 Å². The highest BCUT2D eigenvalue weighted by atomic mass is 16.6. The third-order valence-corrected chi connectivity index (χ3v) is 9.53. The van der Waals surface area contributed by atoms with Gasteiger partial charge in [0.05, 0.1) is 63.0 Å². The minimum absolute atomic E-state index is 0.0414. The number of hydrogen-bond donors (Lipinski definition) is 1. The van der Waals surface area contributed by atoms with Crippen molar-refractivity contribution in [2.75, 3.05) is 76.0 Å². The van der Waals surface area contributed by atoms with Crippen molar-refractivity contribution in [3.8, 4) is 17.4 Å². The van der Waals surface area contributed by atoms with Crippen molar-refractivity contribution in [3.63, 3.8) is 0 Å². The second-order valence-corrected chi connectivity index (χ2v) is 13.0. The molecule has 3 fully saturated rings. The molecule has 3 aliphatic rings. The molecule has 7 rings (SSSR count). The van der Waals surface area contributed by atoms with E-state index in [0.29, 0.717) is 48.8 Å². The van der Waals surface area contributed by atoms with Crippen LogP contribution in [-0.2, 0) is 16.5 Å². The van der Waals surface area contributed by atoms with Gasteiger partial charge in [-0.2, -0.15) is 4.98 Å². The Bertz CT molecular complexity index is 1770. The average Bonchev–Trinajstić information content (AvgIpc) is 3.55. The molecule has 0 spiro atoms.